The van der Waals surface area contributed by atoms with Crippen molar-refractivity contribution in [3.8, 4) is 0 Å². The summed E-state index contributed by atoms with van der Waals surface area (Å²) in [6, 6.07) is 11.3. The minimum atomic E-state index is -3.66. The van der Waals surface area contributed by atoms with Gasteiger partial charge in [-0.1, -0.05) is 18.2 Å². The molecule has 6 nitrogen and oxygen atoms in total. The average Bonchev–Trinajstić information content (AvgIpc) is 3.22. The van der Waals surface area contributed by atoms with Gasteiger partial charge < -0.3 is 0 Å². The molecule has 1 unspecified atom stereocenters. The number of imide groups is 1. The summed E-state index contributed by atoms with van der Waals surface area (Å²) in [5.74, 6) is -0.683. The molecule has 2 aromatic rings. The van der Waals surface area contributed by atoms with Crippen LogP contribution in [0.5, 0.6) is 0 Å². The molecule has 2 aliphatic rings. The first-order chi connectivity index (χ1) is 12.8. The van der Waals surface area contributed by atoms with Crippen LogP contribution in [0.1, 0.15) is 38.3 Å². The number of carbonyl (C=O) groups excluding carboxylic acids is 2. The van der Waals surface area contributed by atoms with Gasteiger partial charge in [0.25, 0.3) is 11.8 Å². The summed E-state index contributed by atoms with van der Waals surface area (Å²) in [5.41, 5.74) is 2.71. The zero-order valence-corrected chi connectivity index (χ0v) is 16.0. The number of nitrogens with zero attached hydrogens (tertiary/aromatic N) is 2. The average molecular weight is 384 g/mol. The molecule has 1 saturated heterocycles. The van der Waals surface area contributed by atoms with E-state index in [9.17, 15) is 18.0 Å². The fraction of sp³-hybridized carbons (Fsp3) is 0.300. The lowest BCUT2D eigenvalue weighted by Gasteiger charge is -2.22. The molecule has 2 amide bonds. The maximum Gasteiger partial charge on any atom is 0.261 e. The van der Waals surface area contributed by atoms with Crippen molar-refractivity contribution in [1.29, 1.82) is 0 Å². The summed E-state index contributed by atoms with van der Waals surface area (Å²) < 4.78 is 27.3. The third-order valence-corrected chi connectivity index (χ3v) is 7.29. The van der Waals surface area contributed by atoms with Gasteiger partial charge in [-0.25, -0.2) is 8.42 Å². The number of carbonyl (C=O) groups is 2. The Morgan fingerprint density at radius 3 is 2.15 bits per heavy atom. The van der Waals surface area contributed by atoms with Gasteiger partial charge in [0.1, 0.15) is 0 Å². The Kier molecular flexibility index (Phi) is 4.16. The zero-order valence-electron chi connectivity index (χ0n) is 15.2. The molecule has 0 spiro atoms. The number of hydrogen-bond donors (Lipinski definition) is 0. The molecule has 2 aliphatic heterocycles. The van der Waals surface area contributed by atoms with Crippen LogP contribution in [0.3, 0.4) is 0 Å². The predicted octanol–water partition coefficient (Wildman–Crippen LogP) is 2.36. The first kappa shape index (κ1) is 17.9. The van der Waals surface area contributed by atoms with Crippen LogP contribution in [0, 0.1) is 13.8 Å². The SMILES string of the molecule is Cc1ccc(S(=O)(=O)N2CCC(N3C(=O)c4ccccc4C3=O)C2)cc1C. The van der Waals surface area contributed by atoms with E-state index < -0.39 is 16.1 Å². The molecule has 0 aromatic heterocycles. The molecule has 140 valence electrons. The second kappa shape index (κ2) is 6.28. The monoisotopic (exact) mass is 384 g/mol. The van der Waals surface area contributed by atoms with E-state index in [4.69, 9.17) is 0 Å². The van der Waals surface area contributed by atoms with Crippen molar-refractivity contribution >= 4 is 21.8 Å². The smallest absolute Gasteiger partial charge is 0.261 e. The van der Waals surface area contributed by atoms with Crippen LogP contribution in [0.2, 0.25) is 0 Å². The Morgan fingerprint density at radius 1 is 0.926 bits per heavy atom. The standard InChI is InChI=1S/C20H20N2O4S/c1-13-7-8-16(11-14(13)2)27(25,26)21-10-9-15(12-21)22-19(23)17-5-3-4-6-18(17)20(22)24/h3-8,11,15H,9-10,12H2,1-2H3. The second-order valence-electron chi connectivity index (χ2n) is 7.08. The summed E-state index contributed by atoms with van der Waals surface area (Å²) in [5, 5.41) is 0. The van der Waals surface area contributed by atoms with E-state index in [-0.39, 0.29) is 29.8 Å². The molecule has 7 heteroatoms. The van der Waals surface area contributed by atoms with Gasteiger partial charge in [-0.05, 0) is 55.7 Å². The van der Waals surface area contributed by atoms with Gasteiger partial charge in [-0.3, -0.25) is 14.5 Å². The van der Waals surface area contributed by atoms with Gasteiger partial charge in [-0.15, -0.1) is 0 Å². The van der Waals surface area contributed by atoms with E-state index in [2.05, 4.69) is 0 Å². The molecular formula is C20H20N2O4S. The number of fused-ring (bicyclic) bond motifs is 1. The quantitative estimate of drug-likeness (QED) is 0.762. The highest BCUT2D eigenvalue weighted by Gasteiger charge is 2.44. The van der Waals surface area contributed by atoms with Gasteiger partial charge in [0.15, 0.2) is 0 Å². The zero-order chi connectivity index (χ0) is 19.3. The van der Waals surface area contributed by atoms with Crippen LogP contribution >= 0.6 is 0 Å². The van der Waals surface area contributed by atoms with E-state index >= 15 is 0 Å². The molecule has 1 fully saturated rings. The van der Waals surface area contributed by atoms with Crippen molar-refractivity contribution in [2.75, 3.05) is 13.1 Å². The lowest BCUT2D eigenvalue weighted by Crippen LogP contribution is -2.42. The number of rotatable bonds is 3. The number of hydrogen-bond acceptors (Lipinski definition) is 4. The maximum atomic E-state index is 13.0. The highest BCUT2D eigenvalue weighted by Crippen LogP contribution is 2.30. The lowest BCUT2D eigenvalue weighted by molar-refractivity contribution is 0.0593. The van der Waals surface area contributed by atoms with Crippen LogP contribution in [0.25, 0.3) is 0 Å². The van der Waals surface area contributed by atoms with Gasteiger partial charge in [-0.2, -0.15) is 4.31 Å². The van der Waals surface area contributed by atoms with E-state index in [1.54, 1.807) is 42.5 Å². The molecular weight excluding hydrogens is 364 g/mol. The molecule has 0 aliphatic carbocycles. The summed E-state index contributed by atoms with van der Waals surface area (Å²) in [7, 11) is -3.66. The normalized spacial score (nSPS) is 20.4. The van der Waals surface area contributed by atoms with Crippen LogP contribution < -0.4 is 0 Å². The predicted molar refractivity (Wildman–Crippen MR) is 100 cm³/mol. The van der Waals surface area contributed by atoms with Gasteiger partial charge in [0.2, 0.25) is 10.0 Å². The minimum Gasteiger partial charge on any atom is -0.270 e. The van der Waals surface area contributed by atoms with Crippen molar-refractivity contribution in [1.82, 2.24) is 9.21 Å². The van der Waals surface area contributed by atoms with Gasteiger partial charge >= 0.3 is 0 Å². The maximum absolute atomic E-state index is 13.0. The highest BCUT2D eigenvalue weighted by atomic mass is 32.2. The molecule has 2 aromatic carbocycles. The first-order valence-electron chi connectivity index (χ1n) is 8.85. The van der Waals surface area contributed by atoms with Crippen molar-refractivity contribution < 1.29 is 18.0 Å². The molecule has 0 radical (unpaired) electrons. The summed E-state index contributed by atoms with van der Waals surface area (Å²) in [4.78, 5) is 26.7. The highest BCUT2D eigenvalue weighted by molar-refractivity contribution is 7.89. The Balaban J connectivity index is 1.58. The van der Waals surface area contributed by atoms with Crippen LogP contribution in [-0.4, -0.2) is 48.6 Å². The Hall–Kier alpha value is -2.51. The number of amides is 2. The fourth-order valence-electron chi connectivity index (χ4n) is 3.70. The number of benzene rings is 2. The Bertz CT molecular complexity index is 1030. The largest absolute Gasteiger partial charge is 0.270 e. The Morgan fingerprint density at radius 2 is 1.56 bits per heavy atom. The van der Waals surface area contributed by atoms with Crippen LogP contribution in [-0.2, 0) is 10.0 Å². The third kappa shape index (κ3) is 2.78. The molecule has 0 saturated carbocycles. The second-order valence-corrected chi connectivity index (χ2v) is 9.02. The molecule has 27 heavy (non-hydrogen) atoms. The molecule has 2 heterocycles. The minimum absolute atomic E-state index is 0.126. The molecule has 0 N–H and O–H groups in total. The van der Waals surface area contributed by atoms with Crippen molar-refractivity contribution in [2.24, 2.45) is 0 Å². The lowest BCUT2D eigenvalue weighted by atomic mass is 10.1. The molecule has 0 bridgehead atoms. The van der Waals surface area contributed by atoms with E-state index in [0.717, 1.165) is 11.1 Å². The van der Waals surface area contributed by atoms with E-state index in [1.165, 1.54) is 9.21 Å². The van der Waals surface area contributed by atoms with Gasteiger partial charge in [0.05, 0.1) is 22.1 Å². The topological polar surface area (TPSA) is 74.8 Å². The number of sulfonamides is 1. The summed E-state index contributed by atoms with van der Waals surface area (Å²) in [6.07, 6.45) is 0.440. The third-order valence-electron chi connectivity index (χ3n) is 5.43. The van der Waals surface area contributed by atoms with Crippen LogP contribution in [0.4, 0.5) is 0 Å². The fourth-order valence-corrected chi connectivity index (χ4v) is 5.28. The van der Waals surface area contributed by atoms with Crippen molar-refractivity contribution in [2.45, 2.75) is 31.2 Å². The molecule has 4 rings (SSSR count). The summed E-state index contributed by atoms with van der Waals surface area (Å²) >= 11 is 0. The van der Waals surface area contributed by atoms with E-state index in [1.807, 2.05) is 13.8 Å². The molecule has 1 atom stereocenters. The van der Waals surface area contributed by atoms with Gasteiger partial charge in [0, 0.05) is 13.1 Å². The van der Waals surface area contributed by atoms with Crippen molar-refractivity contribution in [3.63, 3.8) is 0 Å². The van der Waals surface area contributed by atoms with E-state index in [0.29, 0.717) is 17.5 Å². The van der Waals surface area contributed by atoms with Crippen LogP contribution in [0.15, 0.2) is 47.4 Å². The first-order valence-corrected chi connectivity index (χ1v) is 10.3. The van der Waals surface area contributed by atoms with Crippen molar-refractivity contribution in [3.05, 3.63) is 64.7 Å². The summed E-state index contributed by atoms with van der Waals surface area (Å²) in [6.45, 7) is 4.22. The Labute approximate surface area is 158 Å². The number of aryl methyl sites for hydroxylation is 2.